The molecule has 3 aromatic rings. The van der Waals surface area contributed by atoms with Gasteiger partial charge in [0.2, 0.25) is 5.78 Å². The highest BCUT2D eigenvalue weighted by molar-refractivity contribution is 6.19. The Hall–Kier alpha value is -3.52. The molecule has 0 bridgehead atoms. The van der Waals surface area contributed by atoms with E-state index in [9.17, 15) is 10.1 Å². The van der Waals surface area contributed by atoms with E-state index in [2.05, 4.69) is 4.98 Å². The van der Waals surface area contributed by atoms with Crippen molar-refractivity contribution in [3.63, 3.8) is 0 Å². The molecule has 5 heteroatoms. The largest absolute Gasteiger partial charge is 0.497 e. The van der Waals surface area contributed by atoms with Crippen LogP contribution in [-0.4, -0.2) is 25.0 Å². The Morgan fingerprint density at radius 2 is 1.80 bits per heavy atom. The molecule has 0 radical (unpaired) electrons. The Balaban J connectivity index is 2.04. The van der Waals surface area contributed by atoms with Gasteiger partial charge in [-0.05, 0) is 29.8 Å². The fraction of sp³-hybridized carbons (Fsp3) is 0.100. The van der Waals surface area contributed by atoms with Gasteiger partial charge in [0.05, 0.1) is 14.2 Å². The molecule has 0 fully saturated rings. The van der Waals surface area contributed by atoms with E-state index in [1.165, 1.54) is 6.08 Å². The Morgan fingerprint density at radius 1 is 1.12 bits per heavy atom. The number of allylic oxidation sites excluding steroid dienone is 1. The van der Waals surface area contributed by atoms with E-state index in [0.717, 1.165) is 10.9 Å². The van der Waals surface area contributed by atoms with E-state index >= 15 is 0 Å². The number of fused-ring (bicyclic) bond motifs is 1. The lowest BCUT2D eigenvalue weighted by Gasteiger charge is -2.06. The number of H-pyrrole nitrogens is 1. The minimum atomic E-state index is -0.332. The summed E-state index contributed by atoms with van der Waals surface area (Å²) < 4.78 is 10.4. The second-order valence-electron chi connectivity index (χ2n) is 5.39. The summed E-state index contributed by atoms with van der Waals surface area (Å²) in [4.78, 5) is 15.8. The molecule has 0 aliphatic carbocycles. The Labute approximate surface area is 145 Å². The number of carbonyl (C=O) groups is 1. The van der Waals surface area contributed by atoms with Gasteiger partial charge >= 0.3 is 0 Å². The number of nitrogens with zero attached hydrogens (tertiary/aromatic N) is 1. The van der Waals surface area contributed by atoms with Crippen LogP contribution in [0.1, 0.15) is 15.9 Å². The van der Waals surface area contributed by atoms with Crippen molar-refractivity contribution in [2.24, 2.45) is 0 Å². The van der Waals surface area contributed by atoms with Crippen LogP contribution >= 0.6 is 0 Å². The summed E-state index contributed by atoms with van der Waals surface area (Å²) in [6.45, 7) is 0. The summed E-state index contributed by atoms with van der Waals surface area (Å²) in [5.74, 6) is 0.839. The van der Waals surface area contributed by atoms with E-state index in [0.29, 0.717) is 22.6 Å². The van der Waals surface area contributed by atoms with Crippen LogP contribution in [0.5, 0.6) is 11.5 Å². The van der Waals surface area contributed by atoms with Crippen molar-refractivity contribution >= 4 is 22.8 Å². The Morgan fingerprint density at radius 3 is 2.44 bits per heavy atom. The van der Waals surface area contributed by atoms with Gasteiger partial charge in [0.25, 0.3) is 0 Å². The first kappa shape index (κ1) is 16.3. The van der Waals surface area contributed by atoms with Gasteiger partial charge in [-0.3, -0.25) is 4.79 Å². The minimum absolute atomic E-state index is 0.0417. The summed E-state index contributed by atoms with van der Waals surface area (Å²) in [5, 5.41) is 10.3. The number of hydrogen-bond acceptors (Lipinski definition) is 4. The van der Waals surface area contributed by atoms with E-state index in [4.69, 9.17) is 9.47 Å². The van der Waals surface area contributed by atoms with Crippen LogP contribution in [0, 0.1) is 11.3 Å². The maximum absolute atomic E-state index is 12.8. The fourth-order valence-electron chi connectivity index (χ4n) is 2.63. The van der Waals surface area contributed by atoms with Gasteiger partial charge in [-0.1, -0.05) is 18.2 Å². The monoisotopic (exact) mass is 332 g/mol. The molecule has 124 valence electrons. The SMILES string of the molecule is COc1cc(/C=C(/C#N)C(=O)c2c[nH]c3ccccc23)cc(OC)c1. The number of para-hydroxylation sites is 1. The summed E-state index contributed by atoms with van der Waals surface area (Å²) in [6.07, 6.45) is 3.17. The highest BCUT2D eigenvalue weighted by Gasteiger charge is 2.16. The molecule has 25 heavy (non-hydrogen) atoms. The third-order valence-electron chi connectivity index (χ3n) is 3.88. The van der Waals surface area contributed by atoms with E-state index in [1.54, 1.807) is 38.6 Å². The smallest absolute Gasteiger partial charge is 0.205 e. The molecule has 0 aliphatic rings. The third kappa shape index (κ3) is 3.24. The van der Waals surface area contributed by atoms with Crippen molar-refractivity contribution in [3.05, 3.63) is 65.4 Å². The maximum atomic E-state index is 12.8. The molecule has 5 nitrogen and oxygen atoms in total. The predicted molar refractivity (Wildman–Crippen MR) is 95.8 cm³/mol. The van der Waals surface area contributed by atoms with Gasteiger partial charge in [-0.15, -0.1) is 0 Å². The molecule has 0 spiro atoms. The van der Waals surface area contributed by atoms with Crippen LogP contribution in [0.2, 0.25) is 0 Å². The average molecular weight is 332 g/mol. The number of Topliss-reactive ketones (excluding diaryl/α,β-unsaturated/α-hetero) is 1. The number of rotatable bonds is 5. The fourth-order valence-corrected chi connectivity index (χ4v) is 2.63. The van der Waals surface area contributed by atoms with Crippen LogP contribution in [-0.2, 0) is 0 Å². The molecule has 1 N–H and O–H groups in total. The van der Waals surface area contributed by atoms with E-state index in [-0.39, 0.29) is 11.4 Å². The number of hydrogen-bond donors (Lipinski definition) is 1. The molecule has 0 atom stereocenters. The van der Waals surface area contributed by atoms with Crippen molar-refractivity contribution in [2.75, 3.05) is 14.2 Å². The molecule has 0 saturated carbocycles. The number of nitrogens with one attached hydrogen (secondary N) is 1. The summed E-state index contributed by atoms with van der Waals surface area (Å²) >= 11 is 0. The number of ketones is 1. The van der Waals surface area contributed by atoms with E-state index in [1.807, 2.05) is 30.3 Å². The molecule has 0 aliphatic heterocycles. The van der Waals surface area contributed by atoms with Crippen molar-refractivity contribution in [1.82, 2.24) is 4.98 Å². The van der Waals surface area contributed by atoms with Crippen LogP contribution in [0.3, 0.4) is 0 Å². The van der Waals surface area contributed by atoms with Crippen molar-refractivity contribution in [3.8, 4) is 17.6 Å². The van der Waals surface area contributed by atoms with Gasteiger partial charge < -0.3 is 14.5 Å². The molecular weight excluding hydrogens is 316 g/mol. The number of carbonyl (C=O) groups excluding carboxylic acids is 1. The number of aromatic nitrogens is 1. The van der Waals surface area contributed by atoms with E-state index < -0.39 is 0 Å². The summed E-state index contributed by atoms with van der Waals surface area (Å²) in [5.41, 5.74) is 2.02. The molecule has 1 heterocycles. The zero-order valence-electron chi connectivity index (χ0n) is 13.9. The highest BCUT2D eigenvalue weighted by Crippen LogP contribution is 2.26. The van der Waals surface area contributed by atoms with Crippen LogP contribution < -0.4 is 9.47 Å². The van der Waals surface area contributed by atoms with Gasteiger partial charge in [0.15, 0.2) is 0 Å². The second-order valence-corrected chi connectivity index (χ2v) is 5.39. The summed E-state index contributed by atoms with van der Waals surface area (Å²) in [6, 6.07) is 14.7. The molecule has 2 aromatic carbocycles. The predicted octanol–water partition coefficient (Wildman–Crippen LogP) is 3.97. The number of aromatic amines is 1. The second kappa shape index (κ2) is 6.93. The molecule has 0 saturated heterocycles. The zero-order chi connectivity index (χ0) is 17.8. The first-order chi connectivity index (χ1) is 12.2. The standard InChI is InChI=1S/C20H16N2O3/c1-24-15-8-13(9-16(10-15)25-2)7-14(11-21)20(23)18-12-22-19-6-4-3-5-17(18)19/h3-10,12,22H,1-2H3/b14-7-. The highest BCUT2D eigenvalue weighted by atomic mass is 16.5. The molecule has 1 aromatic heterocycles. The lowest BCUT2D eigenvalue weighted by Crippen LogP contribution is -2.01. The maximum Gasteiger partial charge on any atom is 0.205 e. The molecule has 3 rings (SSSR count). The van der Waals surface area contributed by atoms with Gasteiger partial charge in [-0.25, -0.2) is 0 Å². The Kier molecular flexibility index (Phi) is 4.53. The quantitative estimate of drug-likeness (QED) is 0.436. The first-order valence-corrected chi connectivity index (χ1v) is 7.62. The van der Waals surface area contributed by atoms with Crippen LogP contribution in [0.25, 0.3) is 17.0 Å². The number of benzene rings is 2. The number of methoxy groups -OCH3 is 2. The first-order valence-electron chi connectivity index (χ1n) is 7.62. The zero-order valence-corrected chi connectivity index (χ0v) is 13.9. The van der Waals surface area contributed by atoms with Gasteiger partial charge in [0, 0.05) is 28.7 Å². The Bertz CT molecular complexity index is 987. The normalized spacial score (nSPS) is 11.2. The minimum Gasteiger partial charge on any atom is -0.497 e. The van der Waals surface area contributed by atoms with Crippen molar-refractivity contribution in [1.29, 1.82) is 5.26 Å². The third-order valence-corrected chi connectivity index (χ3v) is 3.88. The van der Waals surface area contributed by atoms with Gasteiger partial charge in [0.1, 0.15) is 23.1 Å². The van der Waals surface area contributed by atoms with Crippen molar-refractivity contribution in [2.45, 2.75) is 0 Å². The summed E-state index contributed by atoms with van der Waals surface area (Å²) in [7, 11) is 3.09. The van der Waals surface area contributed by atoms with Crippen molar-refractivity contribution < 1.29 is 14.3 Å². The number of nitriles is 1. The number of ether oxygens (including phenoxy) is 2. The lowest BCUT2D eigenvalue weighted by molar-refractivity contribution is 0.104. The average Bonchev–Trinajstić information content (AvgIpc) is 3.09. The van der Waals surface area contributed by atoms with Gasteiger partial charge in [-0.2, -0.15) is 5.26 Å². The molecular formula is C20H16N2O3. The lowest BCUT2D eigenvalue weighted by atomic mass is 10.0. The van der Waals surface area contributed by atoms with Crippen LogP contribution in [0.4, 0.5) is 0 Å². The molecule has 0 unspecified atom stereocenters. The van der Waals surface area contributed by atoms with Crippen LogP contribution in [0.15, 0.2) is 54.2 Å². The molecule has 0 amide bonds. The topological polar surface area (TPSA) is 75.1 Å².